The molecule has 0 aromatic heterocycles. The zero-order valence-electron chi connectivity index (χ0n) is 25.5. The topological polar surface area (TPSA) is 134 Å². The number of alkyl carbamates (subject to hydrolysis) is 1. The normalized spacial score (nSPS) is 29.9. The number of ether oxygens (including phenoxy) is 1. The van der Waals surface area contributed by atoms with Gasteiger partial charge in [-0.2, -0.15) is 0 Å². The first-order chi connectivity index (χ1) is 18.4. The summed E-state index contributed by atoms with van der Waals surface area (Å²) in [5, 5.41) is 15.7. The molecule has 226 valence electrons. The van der Waals surface area contributed by atoms with Gasteiger partial charge in [0, 0.05) is 18.9 Å². The van der Waals surface area contributed by atoms with E-state index in [2.05, 4.69) is 44.5 Å². The van der Waals surface area contributed by atoms with Gasteiger partial charge >= 0.3 is 12.1 Å². The Hall–Kier alpha value is -2.56. The maximum absolute atomic E-state index is 13.7. The smallest absolute Gasteiger partial charge is 0.408 e. The van der Waals surface area contributed by atoms with Gasteiger partial charge in [-0.15, -0.1) is 0 Å². The molecule has 1 saturated carbocycles. The number of allylic oxidation sites excluding steroid dienone is 1. The van der Waals surface area contributed by atoms with Gasteiger partial charge < -0.3 is 29.8 Å². The predicted octanol–water partition coefficient (Wildman–Crippen LogP) is 4.70. The highest BCUT2D eigenvalue weighted by molar-refractivity contribution is 6.74. The van der Waals surface area contributed by atoms with Crippen LogP contribution in [0.15, 0.2) is 11.8 Å². The highest BCUT2D eigenvalue weighted by atomic mass is 28.4. The molecule has 0 aromatic rings. The van der Waals surface area contributed by atoms with Gasteiger partial charge in [0.15, 0.2) is 0 Å². The van der Waals surface area contributed by atoms with E-state index in [1.807, 2.05) is 6.08 Å². The Morgan fingerprint density at radius 3 is 2.35 bits per heavy atom. The molecule has 3 aliphatic rings. The average molecular weight is 580 g/mol. The molecule has 3 N–H and O–H groups in total. The second-order valence-electron chi connectivity index (χ2n) is 14.1. The van der Waals surface area contributed by atoms with Gasteiger partial charge in [-0.3, -0.25) is 9.59 Å². The second kappa shape index (κ2) is 11.7. The first-order valence-electron chi connectivity index (χ1n) is 14.6. The first kappa shape index (κ1) is 32.0. The summed E-state index contributed by atoms with van der Waals surface area (Å²) >= 11 is 0. The Kier molecular flexibility index (Phi) is 9.38. The molecule has 1 aliphatic carbocycles. The van der Waals surface area contributed by atoms with Crippen LogP contribution in [0.3, 0.4) is 0 Å². The van der Waals surface area contributed by atoms with E-state index in [0.29, 0.717) is 38.6 Å². The number of carbonyl (C=O) groups is 4. The van der Waals surface area contributed by atoms with E-state index >= 15 is 0 Å². The molecule has 0 bridgehead atoms. The van der Waals surface area contributed by atoms with Crippen LogP contribution < -0.4 is 10.6 Å². The van der Waals surface area contributed by atoms with Crippen molar-refractivity contribution in [2.24, 2.45) is 5.92 Å². The van der Waals surface area contributed by atoms with Crippen LogP contribution in [0.2, 0.25) is 18.1 Å². The molecular formula is C29H49N3O7Si. The predicted molar refractivity (Wildman–Crippen MR) is 154 cm³/mol. The third kappa shape index (κ3) is 7.58. The SMILES string of the molecule is CC(C)(C)OC(=O)NC1CCCCC/C(O[Si](C)(C)C(C)(C)C)=C/C2CC2(C(=O)O)NC(=O)C2CCCN2C1=O. The fourth-order valence-corrected chi connectivity index (χ4v) is 6.28. The number of nitrogens with one attached hydrogen (secondary N) is 2. The molecule has 0 radical (unpaired) electrons. The van der Waals surface area contributed by atoms with E-state index in [-0.39, 0.29) is 23.3 Å². The van der Waals surface area contributed by atoms with Crippen molar-refractivity contribution >= 4 is 32.2 Å². The summed E-state index contributed by atoms with van der Waals surface area (Å²) in [6.45, 7) is 16.4. The van der Waals surface area contributed by atoms with Crippen molar-refractivity contribution in [1.82, 2.24) is 15.5 Å². The van der Waals surface area contributed by atoms with Crippen molar-refractivity contribution in [3.8, 4) is 0 Å². The zero-order valence-corrected chi connectivity index (χ0v) is 26.5. The maximum Gasteiger partial charge on any atom is 0.408 e. The number of hydrogen-bond donors (Lipinski definition) is 3. The van der Waals surface area contributed by atoms with Gasteiger partial charge in [0.2, 0.25) is 20.1 Å². The summed E-state index contributed by atoms with van der Waals surface area (Å²) in [5.74, 6) is -1.49. The fraction of sp³-hybridized carbons (Fsp3) is 0.793. The molecular weight excluding hydrogens is 530 g/mol. The molecule has 2 fully saturated rings. The number of carboxylic acid groups (broad SMARTS) is 1. The summed E-state index contributed by atoms with van der Waals surface area (Å²) in [6.07, 6.45) is 5.90. The molecule has 1 saturated heterocycles. The van der Waals surface area contributed by atoms with Crippen LogP contribution in [0.5, 0.6) is 0 Å². The van der Waals surface area contributed by atoms with Gasteiger partial charge in [0.25, 0.3) is 0 Å². The van der Waals surface area contributed by atoms with Crippen molar-refractivity contribution in [2.75, 3.05) is 6.54 Å². The van der Waals surface area contributed by atoms with Gasteiger partial charge in [0.05, 0.1) is 5.76 Å². The Balaban J connectivity index is 1.90. The molecule has 0 aromatic carbocycles. The number of carboxylic acids is 1. The van der Waals surface area contributed by atoms with Gasteiger partial charge in [-0.05, 0) is 77.1 Å². The first-order valence-corrected chi connectivity index (χ1v) is 17.5. The van der Waals surface area contributed by atoms with Crippen molar-refractivity contribution in [3.05, 3.63) is 11.8 Å². The number of amides is 3. The summed E-state index contributed by atoms with van der Waals surface area (Å²) < 4.78 is 12.1. The fourth-order valence-electron chi connectivity index (χ4n) is 5.14. The molecule has 11 heteroatoms. The highest BCUT2D eigenvalue weighted by Gasteiger charge is 2.62. The second-order valence-corrected chi connectivity index (χ2v) is 18.8. The van der Waals surface area contributed by atoms with Crippen molar-refractivity contribution in [3.63, 3.8) is 0 Å². The Morgan fingerprint density at radius 1 is 1.07 bits per heavy atom. The van der Waals surface area contributed by atoms with Crippen molar-refractivity contribution in [1.29, 1.82) is 0 Å². The Bertz CT molecular complexity index is 1030. The average Bonchev–Trinajstić information content (AvgIpc) is 3.25. The third-order valence-electron chi connectivity index (χ3n) is 8.57. The van der Waals surface area contributed by atoms with Crippen LogP contribution in [-0.2, 0) is 23.5 Å². The number of nitrogens with zero attached hydrogens (tertiary/aromatic N) is 1. The monoisotopic (exact) mass is 579 g/mol. The zero-order chi connectivity index (χ0) is 30.1. The molecule has 0 spiro atoms. The number of aliphatic carboxylic acids is 1. The van der Waals surface area contributed by atoms with E-state index in [0.717, 1.165) is 18.6 Å². The Morgan fingerprint density at radius 2 is 1.75 bits per heavy atom. The largest absolute Gasteiger partial charge is 0.547 e. The molecule has 4 atom stereocenters. The van der Waals surface area contributed by atoms with E-state index in [9.17, 15) is 24.3 Å². The Labute approximate surface area is 239 Å². The number of hydrogen-bond acceptors (Lipinski definition) is 6. The standard InChI is InChI=1S/C29H49N3O7Si/c1-27(2,3)38-26(37)30-21-14-11-9-10-13-20(39-40(7,8)28(4,5)6)17-19-18-29(19,25(35)36)31-23(33)22-15-12-16-32(22)24(21)34/h17,19,21-22H,9-16,18H2,1-8H3,(H,30,37)(H,31,33)(H,35,36)/b20-17-. The van der Waals surface area contributed by atoms with Crippen LogP contribution in [0.1, 0.15) is 92.9 Å². The van der Waals surface area contributed by atoms with Crippen LogP contribution in [0.4, 0.5) is 4.79 Å². The quantitative estimate of drug-likeness (QED) is 0.411. The van der Waals surface area contributed by atoms with E-state index in [4.69, 9.17) is 9.16 Å². The molecule has 10 nitrogen and oxygen atoms in total. The molecule has 40 heavy (non-hydrogen) atoms. The van der Waals surface area contributed by atoms with Crippen molar-refractivity contribution in [2.45, 2.75) is 134 Å². The van der Waals surface area contributed by atoms with Crippen LogP contribution in [0, 0.1) is 5.92 Å². The number of rotatable bonds is 4. The molecule has 2 aliphatic heterocycles. The lowest BCUT2D eigenvalue weighted by atomic mass is 10.0. The van der Waals surface area contributed by atoms with E-state index < -0.39 is 49.5 Å². The lowest BCUT2D eigenvalue weighted by Crippen LogP contribution is -2.56. The lowest BCUT2D eigenvalue weighted by Gasteiger charge is -2.37. The van der Waals surface area contributed by atoms with Crippen LogP contribution in [-0.4, -0.2) is 72.0 Å². The van der Waals surface area contributed by atoms with Gasteiger partial charge in [-0.1, -0.05) is 33.6 Å². The molecule has 3 rings (SSSR count). The number of fused-ring (bicyclic) bond motifs is 2. The molecule has 4 unspecified atom stereocenters. The minimum atomic E-state index is -2.18. The lowest BCUT2D eigenvalue weighted by molar-refractivity contribution is -0.145. The molecule has 2 heterocycles. The minimum absolute atomic E-state index is 0.0284. The third-order valence-corrected chi connectivity index (χ3v) is 13.0. The molecule has 3 amide bonds. The van der Waals surface area contributed by atoms with Gasteiger partial charge in [-0.25, -0.2) is 9.59 Å². The summed E-state index contributed by atoms with van der Waals surface area (Å²) in [7, 11) is -2.18. The van der Waals surface area contributed by atoms with Gasteiger partial charge in [0.1, 0.15) is 23.2 Å². The summed E-state index contributed by atoms with van der Waals surface area (Å²) in [5.41, 5.74) is -2.13. The van der Waals surface area contributed by atoms with E-state index in [1.165, 1.54) is 4.90 Å². The maximum atomic E-state index is 13.7. The van der Waals surface area contributed by atoms with Crippen LogP contribution >= 0.6 is 0 Å². The summed E-state index contributed by atoms with van der Waals surface area (Å²) in [4.78, 5) is 53.6. The van der Waals surface area contributed by atoms with Crippen molar-refractivity contribution < 1.29 is 33.4 Å². The van der Waals surface area contributed by atoms with Crippen LogP contribution in [0.25, 0.3) is 0 Å². The highest BCUT2D eigenvalue weighted by Crippen LogP contribution is 2.47. The summed E-state index contributed by atoms with van der Waals surface area (Å²) in [6, 6.07) is -1.63. The number of carbonyl (C=O) groups excluding carboxylic acids is 3. The minimum Gasteiger partial charge on any atom is -0.547 e. The van der Waals surface area contributed by atoms with E-state index in [1.54, 1.807) is 20.8 Å².